The van der Waals surface area contributed by atoms with Crippen LogP contribution in [-0.4, -0.2) is 43.4 Å². The molecule has 1 fully saturated rings. The summed E-state index contributed by atoms with van der Waals surface area (Å²) in [6, 6.07) is 9.59. The zero-order valence-corrected chi connectivity index (χ0v) is 16.9. The lowest BCUT2D eigenvalue weighted by Crippen LogP contribution is -2.44. The Balaban J connectivity index is 1.40. The molecule has 5 rings (SSSR count). The molecule has 4 heterocycles. The molecule has 0 unspecified atom stereocenters. The van der Waals surface area contributed by atoms with Crippen LogP contribution in [0.2, 0.25) is 0 Å². The number of anilines is 1. The summed E-state index contributed by atoms with van der Waals surface area (Å²) in [7, 11) is 0. The van der Waals surface area contributed by atoms with Crippen LogP contribution in [0.1, 0.15) is 30.7 Å². The molecule has 0 spiro atoms. The number of H-pyrrole nitrogens is 1. The summed E-state index contributed by atoms with van der Waals surface area (Å²) < 4.78 is 2.16. The lowest BCUT2D eigenvalue weighted by atomic mass is 9.86. The number of nitrogens with zero attached hydrogens (tertiary/aromatic N) is 4. The number of fused-ring (bicyclic) bond motifs is 3. The number of rotatable bonds is 3. The Bertz CT molecular complexity index is 1190. The number of aromatic amines is 1. The van der Waals surface area contributed by atoms with Gasteiger partial charge in [0.05, 0.1) is 23.4 Å². The third kappa shape index (κ3) is 3.19. The van der Waals surface area contributed by atoms with Crippen LogP contribution < -0.4 is 11.1 Å². The maximum atomic E-state index is 12.9. The fourth-order valence-corrected chi connectivity index (χ4v) is 4.28. The van der Waals surface area contributed by atoms with Gasteiger partial charge in [-0.3, -0.25) is 4.40 Å². The average molecular weight is 403 g/mol. The van der Waals surface area contributed by atoms with Crippen LogP contribution in [0.4, 0.5) is 10.5 Å². The first-order valence-corrected chi connectivity index (χ1v) is 10.3. The maximum Gasteiger partial charge on any atom is 0.321 e. The first kappa shape index (κ1) is 18.6. The van der Waals surface area contributed by atoms with Gasteiger partial charge in [0.25, 0.3) is 0 Å². The Hall–Kier alpha value is -3.39. The molecule has 0 radical (unpaired) electrons. The van der Waals surface area contributed by atoms with Gasteiger partial charge in [0.15, 0.2) is 5.65 Å². The number of likely N-dealkylation sites (tertiary alicyclic amines) is 1. The lowest BCUT2D eigenvalue weighted by Gasteiger charge is -2.36. The molecule has 2 amide bonds. The highest BCUT2D eigenvalue weighted by Gasteiger charge is 2.33. The number of piperidine rings is 1. The second-order valence-corrected chi connectivity index (χ2v) is 8.00. The molecule has 2 atom stereocenters. The van der Waals surface area contributed by atoms with Gasteiger partial charge in [-0.05, 0) is 36.1 Å². The molecule has 30 heavy (non-hydrogen) atoms. The fourth-order valence-electron chi connectivity index (χ4n) is 4.28. The van der Waals surface area contributed by atoms with Crippen molar-refractivity contribution in [3.63, 3.8) is 0 Å². The summed E-state index contributed by atoms with van der Waals surface area (Å²) >= 11 is 0. The predicted molar refractivity (Wildman–Crippen MR) is 116 cm³/mol. The number of carbonyl (C=O) groups is 1. The maximum absolute atomic E-state index is 12.9. The topological polar surface area (TPSA) is 104 Å². The van der Waals surface area contributed by atoms with Crippen LogP contribution in [0.25, 0.3) is 16.7 Å². The van der Waals surface area contributed by atoms with E-state index in [0.717, 1.165) is 46.7 Å². The lowest BCUT2D eigenvalue weighted by molar-refractivity contribution is 0.170. The third-order valence-corrected chi connectivity index (χ3v) is 6.11. The van der Waals surface area contributed by atoms with Crippen LogP contribution in [0, 0.1) is 5.92 Å². The van der Waals surface area contributed by atoms with E-state index in [9.17, 15) is 4.79 Å². The van der Waals surface area contributed by atoms with Gasteiger partial charge < -0.3 is 20.9 Å². The number of benzene rings is 1. The Morgan fingerprint density at radius 2 is 2.03 bits per heavy atom. The number of aromatic nitrogens is 4. The van der Waals surface area contributed by atoms with E-state index < -0.39 is 0 Å². The molecule has 4 N–H and O–H groups in total. The summed E-state index contributed by atoms with van der Waals surface area (Å²) in [4.78, 5) is 27.2. The van der Waals surface area contributed by atoms with E-state index in [0.29, 0.717) is 19.0 Å². The normalized spacial score (nSPS) is 19.5. The van der Waals surface area contributed by atoms with Gasteiger partial charge in [0.2, 0.25) is 0 Å². The largest absolute Gasteiger partial charge is 0.345 e. The number of urea groups is 1. The first-order chi connectivity index (χ1) is 14.6. The van der Waals surface area contributed by atoms with Crippen molar-refractivity contribution in [3.05, 3.63) is 60.3 Å². The molecule has 0 saturated carbocycles. The second kappa shape index (κ2) is 7.46. The van der Waals surface area contributed by atoms with Gasteiger partial charge >= 0.3 is 6.03 Å². The van der Waals surface area contributed by atoms with Gasteiger partial charge in [0, 0.05) is 37.4 Å². The molecular weight excluding hydrogens is 378 g/mol. The van der Waals surface area contributed by atoms with Crippen molar-refractivity contribution in [2.75, 3.05) is 18.4 Å². The van der Waals surface area contributed by atoms with Gasteiger partial charge in [-0.1, -0.05) is 19.1 Å². The molecule has 0 bridgehead atoms. The van der Waals surface area contributed by atoms with Crippen molar-refractivity contribution in [1.82, 2.24) is 24.3 Å². The van der Waals surface area contributed by atoms with Gasteiger partial charge in [0.1, 0.15) is 5.82 Å². The van der Waals surface area contributed by atoms with E-state index in [1.54, 1.807) is 0 Å². The molecular formula is C22H25N7O. The molecule has 1 saturated heterocycles. The number of nitrogens with two attached hydrogens (primary N) is 1. The minimum absolute atomic E-state index is 0.0817. The van der Waals surface area contributed by atoms with Gasteiger partial charge in [-0.2, -0.15) is 0 Å². The van der Waals surface area contributed by atoms with E-state index in [1.165, 1.54) is 0 Å². The molecule has 4 aromatic rings. The van der Waals surface area contributed by atoms with E-state index >= 15 is 0 Å². The molecule has 8 heteroatoms. The van der Waals surface area contributed by atoms with Crippen molar-refractivity contribution in [2.24, 2.45) is 11.7 Å². The first-order valence-electron chi connectivity index (χ1n) is 10.3. The summed E-state index contributed by atoms with van der Waals surface area (Å²) in [6.07, 6.45) is 6.51. The summed E-state index contributed by atoms with van der Waals surface area (Å²) in [5, 5.41) is 3.01. The van der Waals surface area contributed by atoms with Crippen molar-refractivity contribution in [1.29, 1.82) is 0 Å². The number of imidazole rings is 1. The molecule has 154 valence electrons. The minimum Gasteiger partial charge on any atom is -0.345 e. The van der Waals surface area contributed by atoms with Crippen molar-refractivity contribution >= 4 is 28.4 Å². The monoisotopic (exact) mass is 403 g/mol. The number of carbonyl (C=O) groups excluding carboxylic acids is 1. The highest BCUT2D eigenvalue weighted by atomic mass is 16.2. The summed E-state index contributed by atoms with van der Waals surface area (Å²) in [5.74, 6) is 1.55. The smallest absolute Gasteiger partial charge is 0.321 e. The molecule has 3 aromatic heterocycles. The Morgan fingerprint density at radius 1 is 1.23 bits per heavy atom. The van der Waals surface area contributed by atoms with Crippen molar-refractivity contribution in [3.8, 4) is 0 Å². The highest BCUT2D eigenvalue weighted by molar-refractivity contribution is 5.89. The van der Waals surface area contributed by atoms with Crippen molar-refractivity contribution < 1.29 is 4.79 Å². The standard InChI is InChI=1S/C22H25N7O/c1-14-7-9-28(22(30)27-16-4-2-15(10-23)3-5-16)13-18(14)21-26-12-17-11-25-20-19(29(17)21)6-8-24-20/h2-6,8,11-12,14,18,24H,7,9-10,13,23H2,1H3,(H,27,30)/t14-,18+/m1/s1. The number of nitrogens with one attached hydrogen (secondary N) is 2. The molecule has 8 nitrogen and oxygen atoms in total. The van der Waals surface area contributed by atoms with Crippen LogP contribution >= 0.6 is 0 Å². The summed E-state index contributed by atoms with van der Waals surface area (Å²) in [5.41, 5.74) is 10.3. The summed E-state index contributed by atoms with van der Waals surface area (Å²) in [6.45, 7) is 4.08. The minimum atomic E-state index is -0.0817. The van der Waals surface area contributed by atoms with Gasteiger partial charge in [-0.15, -0.1) is 0 Å². The number of amides is 2. The van der Waals surface area contributed by atoms with Crippen LogP contribution in [0.5, 0.6) is 0 Å². The third-order valence-electron chi connectivity index (χ3n) is 6.11. The van der Waals surface area contributed by atoms with E-state index in [1.807, 2.05) is 53.8 Å². The Labute approximate surface area is 174 Å². The van der Waals surface area contributed by atoms with Crippen molar-refractivity contribution in [2.45, 2.75) is 25.8 Å². The van der Waals surface area contributed by atoms with E-state index in [-0.39, 0.29) is 11.9 Å². The fraction of sp³-hybridized carbons (Fsp3) is 0.318. The predicted octanol–water partition coefficient (Wildman–Crippen LogP) is 3.33. The molecule has 1 aliphatic rings. The average Bonchev–Trinajstić information content (AvgIpc) is 3.41. The van der Waals surface area contributed by atoms with E-state index in [2.05, 4.69) is 26.6 Å². The Morgan fingerprint density at radius 3 is 2.83 bits per heavy atom. The quantitative estimate of drug-likeness (QED) is 0.488. The SMILES string of the molecule is C[C@@H]1CCN(C(=O)Nc2ccc(CN)cc2)C[C@@H]1c1ncc2cnc3[nH]ccc3n12. The number of hydrogen-bond acceptors (Lipinski definition) is 4. The van der Waals surface area contributed by atoms with Crippen LogP contribution in [0.15, 0.2) is 48.9 Å². The zero-order valence-electron chi connectivity index (χ0n) is 16.9. The molecule has 0 aliphatic carbocycles. The Kier molecular flexibility index (Phi) is 4.63. The van der Waals surface area contributed by atoms with Crippen LogP contribution in [-0.2, 0) is 6.54 Å². The molecule has 1 aliphatic heterocycles. The van der Waals surface area contributed by atoms with Crippen LogP contribution in [0.3, 0.4) is 0 Å². The van der Waals surface area contributed by atoms with E-state index in [4.69, 9.17) is 10.7 Å². The zero-order chi connectivity index (χ0) is 20.7. The number of hydrogen-bond donors (Lipinski definition) is 3. The highest BCUT2D eigenvalue weighted by Crippen LogP contribution is 2.33. The second-order valence-electron chi connectivity index (χ2n) is 8.00. The van der Waals surface area contributed by atoms with Gasteiger partial charge in [-0.25, -0.2) is 14.8 Å². The molecule has 1 aromatic carbocycles.